The predicted octanol–water partition coefficient (Wildman–Crippen LogP) is 1.48. The highest BCUT2D eigenvalue weighted by Crippen LogP contribution is 2.24. The molecule has 0 saturated carbocycles. The minimum Gasteiger partial charge on any atom is -0.296 e. The van der Waals surface area contributed by atoms with Gasteiger partial charge < -0.3 is 0 Å². The number of nitrogens with zero attached hydrogens (tertiary/aromatic N) is 1. The van der Waals surface area contributed by atoms with Gasteiger partial charge in [0.2, 0.25) is 11.8 Å². The van der Waals surface area contributed by atoms with Crippen LogP contribution in [0, 0.1) is 5.82 Å². The van der Waals surface area contributed by atoms with Gasteiger partial charge in [-0.1, -0.05) is 0 Å². The molecule has 1 aliphatic heterocycles. The van der Waals surface area contributed by atoms with Crippen molar-refractivity contribution in [2.75, 3.05) is 0 Å². The normalized spacial score (nSPS) is 20.2. The van der Waals surface area contributed by atoms with Crippen molar-refractivity contribution in [1.82, 2.24) is 10.3 Å². The summed E-state index contributed by atoms with van der Waals surface area (Å²) in [5, 5.41) is 2.24. The Kier molecular flexibility index (Phi) is 3.38. The van der Waals surface area contributed by atoms with Crippen molar-refractivity contribution >= 4 is 23.4 Å². The molecule has 2 heterocycles. The van der Waals surface area contributed by atoms with Crippen LogP contribution in [0.25, 0.3) is 0 Å². The Balaban J connectivity index is 2.28. The second-order valence-electron chi connectivity index (χ2n) is 3.84. The van der Waals surface area contributed by atoms with Crippen molar-refractivity contribution in [2.45, 2.75) is 24.6 Å². The van der Waals surface area contributed by atoms with E-state index in [1.165, 1.54) is 6.07 Å². The second-order valence-corrected chi connectivity index (χ2v) is 4.11. The number of rotatable bonds is 2. The number of aromatic nitrogens is 1. The molecule has 0 aliphatic carbocycles. The molecule has 1 atom stereocenters. The summed E-state index contributed by atoms with van der Waals surface area (Å²) in [6, 6.07) is 1.47. The molecular weight excluding hydrogens is 247 g/mol. The Bertz CT molecular complexity index is 479. The average molecular weight is 257 g/mol. The van der Waals surface area contributed by atoms with E-state index in [0.29, 0.717) is 17.7 Å². The molecule has 1 N–H and O–H groups in total. The fraction of sp³-hybridized carbons (Fsp3) is 0.364. The van der Waals surface area contributed by atoms with Gasteiger partial charge in [0.1, 0.15) is 5.82 Å². The summed E-state index contributed by atoms with van der Waals surface area (Å²) in [6.07, 6.45) is 1.72. The van der Waals surface area contributed by atoms with Gasteiger partial charge in [0, 0.05) is 12.0 Å². The van der Waals surface area contributed by atoms with Gasteiger partial charge in [-0.3, -0.25) is 19.9 Å². The first-order valence-electron chi connectivity index (χ1n) is 5.16. The van der Waals surface area contributed by atoms with Gasteiger partial charge in [0.05, 0.1) is 23.7 Å². The molecule has 1 unspecified atom stereocenters. The van der Waals surface area contributed by atoms with E-state index >= 15 is 0 Å². The van der Waals surface area contributed by atoms with Crippen molar-refractivity contribution in [3.05, 3.63) is 29.3 Å². The molecule has 1 aliphatic rings. The molecule has 1 fully saturated rings. The second kappa shape index (κ2) is 4.79. The molecule has 1 aromatic heterocycles. The van der Waals surface area contributed by atoms with Gasteiger partial charge in [-0.25, -0.2) is 4.39 Å². The first kappa shape index (κ1) is 12.0. The lowest BCUT2D eigenvalue weighted by atomic mass is 9.93. The quantitative estimate of drug-likeness (QED) is 0.644. The van der Waals surface area contributed by atoms with Crippen LogP contribution in [-0.4, -0.2) is 16.8 Å². The highest BCUT2D eigenvalue weighted by atomic mass is 35.5. The molecule has 90 valence electrons. The van der Waals surface area contributed by atoms with E-state index in [1.807, 2.05) is 0 Å². The summed E-state index contributed by atoms with van der Waals surface area (Å²) in [5.41, 5.74) is 0.758. The molecule has 2 amide bonds. The summed E-state index contributed by atoms with van der Waals surface area (Å²) in [6.45, 7) is 0. The third kappa shape index (κ3) is 2.44. The lowest BCUT2D eigenvalue weighted by molar-refractivity contribution is -0.134. The summed E-state index contributed by atoms with van der Waals surface area (Å²) in [7, 11) is 0. The Labute approximate surface area is 102 Å². The highest BCUT2D eigenvalue weighted by Gasteiger charge is 2.29. The maximum Gasteiger partial charge on any atom is 0.235 e. The molecule has 6 heteroatoms. The van der Waals surface area contributed by atoms with E-state index in [9.17, 15) is 14.0 Å². The average Bonchev–Trinajstić information content (AvgIpc) is 2.30. The maximum absolute atomic E-state index is 13.2. The maximum atomic E-state index is 13.2. The van der Waals surface area contributed by atoms with E-state index in [4.69, 9.17) is 11.6 Å². The monoisotopic (exact) mass is 256 g/mol. The number of halogens is 2. The summed E-state index contributed by atoms with van der Waals surface area (Å²) >= 11 is 5.58. The molecule has 0 radical (unpaired) electrons. The van der Waals surface area contributed by atoms with Crippen molar-refractivity contribution in [3.8, 4) is 0 Å². The number of hydrogen-bond donors (Lipinski definition) is 1. The minimum absolute atomic E-state index is 0.0224. The first-order chi connectivity index (χ1) is 8.11. The van der Waals surface area contributed by atoms with E-state index in [-0.39, 0.29) is 24.1 Å². The fourth-order valence-corrected chi connectivity index (χ4v) is 1.97. The van der Waals surface area contributed by atoms with Gasteiger partial charge in [-0.15, -0.1) is 11.6 Å². The molecule has 17 heavy (non-hydrogen) atoms. The zero-order chi connectivity index (χ0) is 12.4. The van der Waals surface area contributed by atoms with Gasteiger partial charge in [0.15, 0.2) is 0 Å². The number of amides is 2. The van der Waals surface area contributed by atoms with Crippen molar-refractivity contribution in [3.63, 3.8) is 0 Å². The van der Waals surface area contributed by atoms with Crippen LogP contribution in [0.4, 0.5) is 4.39 Å². The SMILES string of the molecule is O=C1CCC(c2cc(CCl)c(F)cn2)C(=O)N1. The van der Waals surface area contributed by atoms with Crippen LogP contribution in [0.15, 0.2) is 12.3 Å². The Morgan fingerprint density at radius 1 is 1.53 bits per heavy atom. The number of imide groups is 1. The zero-order valence-electron chi connectivity index (χ0n) is 8.87. The fourth-order valence-electron chi connectivity index (χ4n) is 1.77. The van der Waals surface area contributed by atoms with Crippen LogP contribution >= 0.6 is 11.6 Å². The molecule has 0 aromatic carbocycles. The van der Waals surface area contributed by atoms with Crippen molar-refractivity contribution < 1.29 is 14.0 Å². The van der Waals surface area contributed by atoms with Crippen LogP contribution in [0.3, 0.4) is 0 Å². The number of nitrogens with one attached hydrogen (secondary N) is 1. The van der Waals surface area contributed by atoms with E-state index in [0.717, 1.165) is 6.20 Å². The lowest BCUT2D eigenvalue weighted by Gasteiger charge is -2.20. The molecule has 1 aromatic rings. The van der Waals surface area contributed by atoms with E-state index in [1.54, 1.807) is 0 Å². The summed E-state index contributed by atoms with van der Waals surface area (Å²) in [4.78, 5) is 26.5. The summed E-state index contributed by atoms with van der Waals surface area (Å²) in [5.74, 6) is -1.65. The zero-order valence-corrected chi connectivity index (χ0v) is 9.63. The standard InChI is InChI=1S/C11H10ClFN2O2/c12-4-6-3-9(14-5-8(6)13)7-1-2-10(16)15-11(7)17/h3,5,7H,1-2,4H2,(H,15,16,17). The van der Waals surface area contributed by atoms with Crippen LogP contribution in [0.5, 0.6) is 0 Å². The van der Waals surface area contributed by atoms with Gasteiger partial charge >= 0.3 is 0 Å². The summed E-state index contributed by atoms with van der Waals surface area (Å²) < 4.78 is 13.2. The van der Waals surface area contributed by atoms with E-state index in [2.05, 4.69) is 10.3 Å². The van der Waals surface area contributed by atoms with Gasteiger partial charge in [-0.2, -0.15) is 0 Å². The van der Waals surface area contributed by atoms with E-state index < -0.39 is 11.7 Å². The van der Waals surface area contributed by atoms with Gasteiger partial charge in [0.25, 0.3) is 0 Å². The molecule has 1 saturated heterocycles. The topological polar surface area (TPSA) is 59.1 Å². The third-order valence-electron chi connectivity index (χ3n) is 2.70. The number of pyridine rings is 1. The van der Waals surface area contributed by atoms with Crippen LogP contribution in [0.2, 0.25) is 0 Å². The van der Waals surface area contributed by atoms with Crippen LogP contribution in [0.1, 0.15) is 30.0 Å². The van der Waals surface area contributed by atoms with Crippen LogP contribution in [-0.2, 0) is 15.5 Å². The minimum atomic E-state index is -0.504. The number of hydrogen-bond acceptors (Lipinski definition) is 3. The predicted molar refractivity (Wildman–Crippen MR) is 58.9 cm³/mol. The molecule has 0 bridgehead atoms. The Morgan fingerprint density at radius 3 is 2.94 bits per heavy atom. The van der Waals surface area contributed by atoms with Crippen molar-refractivity contribution in [2.24, 2.45) is 0 Å². The number of carbonyl (C=O) groups is 2. The Morgan fingerprint density at radius 2 is 2.29 bits per heavy atom. The number of alkyl halides is 1. The lowest BCUT2D eigenvalue weighted by Crippen LogP contribution is -2.39. The van der Waals surface area contributed by atoms with Crippen molar-refractivity contribution in [1.29, 1.82) is 0 Å². The molecule has 2 rings (SSSR count). The smallest absolute Gasteiger partial charge is 0.235 e. The molecular formula is C11H10ClFN2O2. The highest BCUT2D eigenvalue weighted by molar-refractivity contribution is 6.17. The number of piperidine rings is 1. The molecule has 4 nitrogen and oxygen atoms in total. The largest absolute Gasteiger partial charge is 0.296 e. The molecule has 0 spiro atoms. The first-order valence-corrected chi connectivity index (χ1v) is 5.69. The van der Waals surface area contributed by atoms with Gasteiger partial charge in [-0.05, 0) is 12.5 Å². The van der Waals surface area contributed by atoms with Crippen LogP contribution < -0.4 is 5.32 Å². The number of carbonyl (C=O) groups excluding carboxylic acids is 2. The Hall–Kier alpha value is -1.49. The third-order valence-corrected chi connectivity index (χ3v) is 2.98.